The number of methoxy groups -OCH3 is 1. The number of nitrogens with zero attached hydrogens (tertiary/aromatic N) is 2. The maximum Gasteiger partial charge on any atom is 0.229 e. The zero-order valence-corrected chi connectivity index (χ0v) is 14.5. The summed E-state index contributed by atoms with van der Waals surface area (Å²) in [6.07, 6.45) is 0.0464. The van der Waals surface area contributed by atoms with Gasteiger partial charge in [0.05, 0.1) is 23.9 Å². The molecule has 4 rings (SSSR count). The molecule has 27 heavy (non-hydrogen) atoms. The second-order valence-electron chi connectivity index (χ2n) is 6.33. The zero-order chi connectivity index (χ0) is 19.0. The molecule has 0 bridgehead atoms. The first-order valence-corrected chi connectivity index (χ1v) is 8.44. The van der Waals surface area contributed by atoms with Crippen LogP contribution in [0.1, 0.15) is 6.42 Å². The van der Waals surface area contributed by atoms with E-state index < -0.39 is 11.7 Å². The molecule has 1 saturated heterocycles. The third-order valence-electron chi connectivity index (χ3n) is 4.63. The Kier molecular flexibility index (Phi) is 4.23. The summed E-state index contributed by atoms with van der Waals surface area (Å²) in [5.41, 5.74) is 1.12. The second-order valence-corrected chi connectivity index (χ2v) is 6.33. The summed E-state index contributed by atoms with van der Waals surface area (Å²) in [7, 11) is 1.56. The van der Waals surface area contributed by atoms with Crippen molar-refractivity contribution in [3.63, 3.8) is 0 Å². The summed E-state index contributed by atoms with van der Waals surface area (Å²) < 4.78 is 19.3. The number of benzene rings is 2. The quantitative estimate of drug-likeness (QED) is 0.741. The van der Waals surface area contributed by atoms with Gasteiger partial charge in [-0.05, 0) is 36.4 Å². The van der Waals surface area contributed by atoms with Crippen molar-refractivity contribution in [2.24, 2.45) is 5.92 Å². The molecule has 138 valence electrons. The fourth-order valence-corrected chi connectivity index (χ4v) is 3.22. The van der Waals surface area contributed by atoms with Gasteiger partial charge in [-0.3, -0.25) is 19.6 Å². The summed E-state index contributed by atoms with van der Waals surface area (Å²) in [6.45, 7) is 0.148. The van der Waals surface area contributed by atoms with Crippen molar-refractivity contribution < 1.29 is 18.7 Å². The molecule has 0 saturated carbocycles. The first kappa shape index (κ1) is 17.0. The summed E-state index contributed by atoms with van der Waals surface area (Å²) in [5, 5.41) is 9.85. The van der Waals surface area contributed by atoms with Gasteiger partial charge in [0.15, 0.2) is 5.82 Å². The molecular formula is C19H17FN4O3. The van der Waals surface area contributed by atoms with Gasteiger partial charge in [0.1, 0.15) is 11.6 Å². The second kappa shape index (κ2) is 6.71. The summed E-state index contributed by atoms with van der Waals surface area (Å²) in [6, 6.07) is 11.5. The maximum atomic E-state index is 14.2. The summed E-state index contributed by atoms with van der Waals surface area (Å²) in [4.78, 5) is 26.3. The Morgan fingerprint density at radius 3 is 2.81 bits per heavy atom. The number of nitrogens with one attached hydrogen (secondary N) is 2. The number of hydrogen-bond donors (Lipinski definition) is 2. The first-order valence-electron chi connectivity index (χ1n) is 8.44. The van der Waals surface area contributed by atoms with Crippen molar-refractivity contribution in [1.29, 1.82) is 0 Å². The van der Waals surface area contributed by atoms with Crippen LogP contribution < -0.4 is 15.0 Å². The maximum absolute atomic E-state index is 14.2. The largest absolute Gasteiger partial charge is 0.497 e. The van der Waals surface area contributed by atoms with Crippen LogP contribution in [-0.2, 0) is 9.59 Å². The fourth-order valence-electron chi connectivity index (χ4n) is 3.22. The van der Waals surface area contributed by atoms with Gasteiger partial charge >= 0.3 is 0 Å². The minimum Gasteiger partial charge on any atom is -0.497 e. The molecule has 0 radical (unpaired) electrons. The van der Waals surface area contributed by atoms with Crippen LogP contribution in [0.2, 0.25) is 0 Å². The molecule has 3 aromatic rings. The van der Waals surface area contributed by atoms with Gasteiger partial charge in [-0.1, -0.05) is 6.07 Å². The van der Waals surface area contributed by atoms with E-state index in [1.165, 1.54) is 11.0 Å². The van der Waals surface area contributed by atoms with Crippen LogP contribution in [0.5, 0.6) is 5.75 Å². The van der Waals surface area contributed by atoms with Crippen molar-refractivity contribution in [2.75, 3.05) is 23.9 Å². The molecule has 0 unspecified atom stereocenters. The number of aromatic nitrogens is 2. The van der Waals surface area contributed by atoms with E-state index in [9.17, 15) is 14.0 Å². The molecule has 2 amide bonds. The van der Waals surface area contributed by atoms with Crippen molar-refractivity contribution in [1.82, 2.24) is 10.2 Å². The Hall–Kier alpha value is -3.42. The van der Waals surface area contributed by atoms with E-state index in [1.54, 1.807) is 43.5 Å². The lowest BCUT2D eigenvalue weighted by molar-refractivity contribution is -0.122. The summed E-state index contributed by atoms with van der Waals surface area (Å²) in [5.74, 6) is -0.637. The molecule has 2 heterocycles. The molecule has 1 atom stereocenters. The highest BCUT2D eigenvalue weighted by Crippen LogP contribution is 2.31. The molecule has 0 aliphatic carbocycles. The molecule has 2 N–H and O–H groups in total. The number of fused-ring (bicyclic) bond motifs is 1. The van der Waals surface area contributed by atoms with E-state index in [2.05, 4.69) is 15.5 Å². The van der Waals surface area contributed by atoms with Crippen LogP contribution >= 0.6 is 0 Å². The average molecular weight is 368 g/mol. The molecule has 7 nitrogen and oxygen atoms in total. The number of H-pyrrole nitrogens is 1. The van der Waals surface area contributed by atoms with Crippen molar-refractivity contribution in [3.8, 4) is 5.75 Å². The highest BCUT2D eigenvalue weighted by atomic mass is 19.1. The van der Waals surface area contributed by atoms with Gasteiger partial charge in [0.2, 0.25) is 11.8 Å². The van der Waals surface area contributed by atoms with E-state index in [-0.39, 0.29) is 36.0 Å². The van der Waals surface area contributed by atoms with Gasteiger partial charge in [-0.2, -0.15) is 5.10 Å². The van der Waals surface area contributed by atoms with Gasteiger partial charge in [-0.15, -0.1) is 0 Å². The highest BCUT2D eigenvalue weighted by Gasteiger charge is 2.37. The Morgan fingerprint density at radius 2 is 2.07 bits per heavy atom. The minimum absolute atomic E-state index is 0.0464. The van der Waals surface area contributed by atoms with Gasteiger partial charge in [0.25, 0.3) is 0 Å². The number of carbonyl (C=O) groups is 2. The molecule has 1 aromatic heterocycles. The monoisotopic (exact) mass is 368 g/mol. The van der Waals surface area contributed by atoms with Crippen LogP contribution in [-0.4, -0.2) is 35.7 Å². The number of amides is 2. The number of halogens is 1. The minimum atomic E-state index is -0.543. The van der Waals surface area contributed by atoms with E-state index >= 15 is 0 Å². The Balaban J connectivity index is 1.52. The molecule has 2 aromatic carbocycles. The third-order valence-corrected chi connectivity index (χ3v) is 4.63. The fraction of sp³-hybridized carbons (Fsp3) is 0.211. The van der Waals surface area contributed by atoms with Crippen molar-refractivity contribution in [2.45, 2.75) is 6.42 Å². The van der Waals surface area contributed by atoms with E-state index in [1.807, 2.05) is 0 Å². The number of aromatic amines is 1. The van der Waals surface area contributed by atoms with E-state index in [4.69, 9.17) is 4.74 Å². The van der Waals surface area contributed by atoms with Crippen LogP contribution in [0.25, 0.3) is 10.9 Å². The lowest BCUT2D eigenvalue weighted by atomic mass is 10.1. The van der Waals surface area contributed by atoms with Crippen LogP contribution in [0, 0.1) is 11.7 Å². The highest BCUT2D eigenvalue weighted by molar-refractivity contribution is 6.07. The Labute approximate surface area is 154 Å². The summed E-state index contributed by atoms with van der Waals surface area (Å²) >= 11 is 0. The van der Waals surface area contributed by atoms with Crippen molar-refractivity contribution in [3.05, 3.63) is 48.3 Å². The van der Waals surface area contributed by atoms with Crippen molar-refractivity contribution >= 4 is 34.2 Å². The molecular weight excluding hydrogens is 351 g/mol. The zero-order valence-electron chi connectivity index (χ0n) is 14.5. The molecule has 1 aliphatic rings. The van der Waals surface area contributed by atoms with E-state index in [0.29, 0.717) is 17.0 Å². The average Bonchev–Trinajstić information content (AvgIpc) is 3.26. The van der Waals surface area contributed by atoms with Crippen LogP contribution in [0.15, 0.2) is 42.5 Å². The lowest BCUT2D eigenvalue weighted by Gasteiger charge is -2.14. The molecule has 1 aliphatic heterocycles. The Morgan fingerprint density at radius 1 is 1.30 bits per heavy atom. The first-order chi connectivity index (χ1) is 13.1. The number of anilines is 2. The molecule has 1 fully saturated rings. The third kappa shape index (κ3) is 3.10. The Bertz CT molecular complexity index is 1020. The normalized spacial score (nSPS) is 16.7. The number of ether oxygens (including phenoxy) is 1. The number of hydrogen-bond acceptors (Lipinski definition) is 4. The van der Waals surface area contributed by atoms with Gasteiger partial charge in [-0.25, -0.2) is 4.39 Å². The molecule has 8 heteroatoms. The van der Waals surface area contributed by atoms with Gasteiger partial charge in [0, 0.05) is 18.7 Å². The predicted octanol–water partition coefficient (Wildman–Crippen LogP) is 2.70. The lowest BCUT2D eigenvalue weighted by Crippen LogP contribution is -2.28. The number of rotatable bonds is 4. The predicted molar refractivity (Wildman–Crippen MR) is 98.1 cm³/mol. The van der Waals surface area contributed by atoms with Crippen LogP contribution in [0.4, 0.5) is 15.9 Å². The van der Waals surface area contributed by atoms with Gasteiger partial charge < -0.3 is 10.1 Å². The standard InChI is InChI=1S/C19H17FN4O3/c1-27-13-7-5-12(6-8-13)21-19(26)11-9-16(25)24(10-11)18-17-14(20)3-2-4-15(17)22-23-18/h2-8,11H,9-10H2,1H3,(H,21,26)(H,22,23)/t11-/m1/s1. The smallest absolute Gasteiger partial charge is 0.229 e. The number of carbonyl (C=O) groups excluding carboxylic acids is 2. The SMILES string of the molecule is COc1ccc(NC(=O)[C@@H]2CC(=O)N(c3n[nH]c4cccc(F)c34)C2)cc1. The molecule has 0 spiro atoms. The topological polar surface area (TPSA) is 87.3 Å². The van der Waals surface area contributed by atoms with E-state index in [0.717, 1.165) is 0 Å². The van der Waals surface area contributed by atoms with Crippen LogP contribution in [0.3, 0.4) is 0 Å².